The Hall–Kier alpha value is -2.96. The molecule has 1 atom stereocenters. The van der Waals surface area contributed by atoms with E-state index in [0.29, 0.717) is 5.75 Å². The molecule has 2 aromatic rings. The average Bonchev–Trinajstić information content (AvgIpc) is 2.60. The Balaban J connectivity index is 2.06. The van der Waals surface area contributed by atoms with Gasteiger partial charge in [0.1, 0.15) is 17.2 Å². The third-order valence-electron chi connectivity index (χ3n) is 3.54. The van der Waals surface area contributed by atoms with Crippen molar-refractivity contribution in [1.82, 2.24) is 0 Å². The molecule has 1 aliphatic rings. The van der Waals surface area contributed by atoms with Crippen molar-refractivity contribution < 1.29 is 32.2 Å². The molecule has 0 spiro atoms. The van der Waals surface area contributed by atoms with Crippen LogP contribution in [0.25, 0.3) is 6.08 Å². The van der Waals surface area contributed by atoms with Crippen LogP contribution in [0.15, 0.2) is 54.1 Å². The molecular weight excluding hydrogens is 337 g/mol. The topological polar surface area (TPSA) is 44.8 Å². The number of halogens is 3. The van der Waals surface area contributed by atoms with Gasteiger partial charge in [0.25, 0.3) is 0 Å². The van der Waals surface area contributed by atoms with Crippen LogP contribution in [0.2, 0.25) is 0 Å². The first-order valence-corrected chi connectivity index (χ1v) is 7.29. The molecule has 0 saturated heterocycles. The number of alkyl halides is 3. The summed E-state index contributed by atoms with van der Waals surface area (Å²) >= 11 is 0. The van der Waals surface area contributed by atoms with Crippen LogP contribution in [0, 0.1) is 0 Å². The van der Waals surface area contributed by atoms with Crippen LogP contribution >= 0.6 is 0 Å². The Morgan fingerprint density at radius 3 is 2.44 bits per heavy atom. The van der Waals surface area contributed by atoms with E-state index in [-0.39, 0.29) is 17.1 Å². The SMILES string of the molecule is COC(=O)C1=Cc2c(Oc3ccccc3)cccc2O[C@@H]1C(F)(F)F. The summed E-state index contributed by atoms with van der Waals surface area (Å²) in [4.78, 5) is 11.8. The normalized spacial score (nSPS) is 16.3. The minimum Gasteiger partial charge on any atom is -0.475 e. The summed E-state index contributed by atoms with van der Waals surface area (Å²) in [5.41, 5.74) is -0.390. The first-order valence-electron chi connectivity index (χ1n) is 7.29. The first kappa shape index (κ1) is 16.9. The van der Waals surface area contributed by atoms with Gasteiger partial charge in [0, 0.05) is 0 Å². The molecule has 0 fully saturated rings. The lowest BCUT2D eigenvalue weighted by Crippen LogP contribution is -2.40. The largest absolute Gasteiger partial charge is 0.475 e. The van der Waals surface area contributed by atoms with Gasteiger partial charge in [-0.2, -0.15) is 13.2 Å². The zero-order chi connectivity index (χ0) is 18.0. The van der Waals surface area contributed by atoms with Crippen LogP contribution in [0.1, 0.15) is 5.56 Å². The van der Waals surface area contributed by atoms with E-state index in [1.807, 2.05) is 0 Å². The van der Waals surface area contributed by atoms with E-state index in [1.54, 1.807) is 36.4 Å². The van der Waals surface area contributed by atoms with Crippen molar-refractivity contribution in [3.8, 4) is 17.2 Å². The number of hydrogen-bond acceptors (Lipinski definition) is 4. The van der Waals surface area contributed by atoms with E-state index in [0.717, 1.165) is 13.2 Å². The van der Waals surface area contributed by atoms with Gasteiger partial charge in [-0.05, 0) is 30.3 Å². The molecule has 130 valence electrons. The second-order valence-corrected chi connectivity index (χ2v) is 5.21. The minimum absolute atomic E-state index is 0.0246. The molecule has 0 unspecified atom stereocenters. The van der Waals surface area contributed by atoms with Crippen molar-refractivity contribution in [2.45, 2.75) is 12.3 Å². The van der Waals surface area contributed by atoms with Gasteiger partial charge in [-0.3, -0.25) is 0 Å². The highest BCUT2D eigenvalue weighted by molar-refractivity contribution is 5.97. The highest BCUT2D eigenvalue weighted by Crippen LogP contribution is 2.42. The van der Waals surface area contributed by atoms with Gasteiger partial charge in [-0.1, -0.05) is 24.3 Å². The molecule has 0 aromatic heterocycles. The number of carbonyl (C=O) groups is 1. The van der Waals surface area contributed by atoms with E-state index in [2.05, 4.69) is 4.74 Å². The molecule has 0 N–H and O–H groups in total. The molecular formula is C18H13F3O4. The Bertz CT molecular complexity index is 813. The van der Waals surface area contributed by atoms with Crippen molar-refractivity contribution in [1.29, 1.82) is 0 Å². The van der Waals surface area contributed by atoms with Crippen LogP contribution < -0.4 is 9.47 Å². The number of para-hydroxylation sites is 1. The van der Waals surface area contributed by atoms with Crippen LogP contribution in [0.4, 0.5) is 13.2 Å². The molecule has 1 aliphatic heterocycles. The summed E-state index contributed by atoms with van der Waals surface area (Å²) in [6.07, 6.45) is -6.05. The van der Waals surface area contributed by atoms with Gasteiger partial charge in [0.2, 0.25) is 6.10 Å². The lowest BCUT2D eigenvalue weighted by Gasteiger charge is -2.28. The van der Waals surface area contributed by atoms with Crippen LogP contribution in [-0.2, 0) is 9.53 Å². The molecule has 0 radical (unpaired) electrons. The van der Waals surface area contributed by atoms with Gasteiger partial charge >= 0.3 is 12.1 Å². The Kier molecular flexibility index (Phi) is 4.39. The smallest absolute Gasteiger partial charge is 0.430 e. The second-order valence-electron chi connectivity index (χ2n) is 5.21. The average molecular weight is 350 g/mol. The number of esters is 1. The predicted octanol–water partition coefficient (Wildman–Crippen LogP) is 4.36. The molecule has 0 amide bonds. The van der Waals surface area contributed by atoms with E-state index < -0.39 is 23.8 Å². The van der Waals surface area contributed by atoms with Gasteiger partial charge in [0.05, 0.1) is 18.2 Å². The molecule has 7 heteroatoms. The third kappa shape index (κ3) is 3.45. The van der Waals surface area contributed by atoms with Crippen molar-refractivity contribution in [2.75, 3.05) is 7.11 Å². The highest BCUT2D eigenvalue weighted by atomic mass is 19.4. The van der Waals surface area contributed by atoms with E-state index in [9.17, 15) is 18.0 Å². The second kappa shape index (κ2) is 6.51. The lowest BCUT2D eigenvalue weighted by atomic mass is 10.0. The zero-order valence-electron chi connectivity index (χ0n) is 13.0. The summed E-state index contributed by atoms with van der Waals surface area (Å²) in [5.74, 6) is -0.363. The Labute approximate surface area is 141 Å². The molecule has 4 nitrogen and oxygen atoms in total. The van der Waals surface area contributed by atoms with Gasteiger partial charge in [-0.15, -0.1) is 0 Å². The Morgan fingerprint density at radius 2 is 1.80 bits per heavy atom. The third-order valence-corrected chi connectivity index (χ3v) is 3.54. The van der Waals surface area contributed by atoms with Crippen molar-refractivity contribution >= 4 is 12.0 Å². The van der Waals surface area contributed by atoms with E-state index in [4.69, 9.17) is 9.47 Å². The fourth-order valence-electron chi connectivity index (χ4n) is 2.42. The number of hydrogen-bond donors (Lipinski definition) is 0. The Morgan fingerprint density at radius 1 is 1.08 bits per heavy atom. The van der Waals surface area contributed by atoms with Crippen molar-refractivity contribution in [3.05, 3.63) is 59.7 Å². The van der Waals surface area contributed by atoms with Crippen LogP contribution in [-0.4, -0.2) is 25.4 Å². The van der Waals surface area contributed by atoms with Gasteiger partial charge in [0.15, 0.2) is 0 Å². The summed E-state index contributed by atoms with van der Waals surface area (Å²) in [6.45, 7) is 0. The fraction of sp³-hybridized carbons (Fsp3) is 0.167. The molecule has 25 heavy (non-hydrogen) atoms. The maximum Gasteiger partial charge on any atom is 0.430 e. The summed E-state index contributed by atoms with van der Waals surface area (Å²) in [7, 11) is 1.01. The molecule has 0 saturated carbocycles. The molecule has 1 heterocycles. The summed E-state index contributed by atoms with van der Waals surface area (Å²) in [6, 6.07) is 13.2. The maximum absolute atomic E-state index is 13.2. The maximum atomic E-state index is 13.2. The fourth-order valence-corrected chi connectivity index (χ4v) is 2.42. The van der Waals surface area contributed by atoms with E-state index in [1.165, 1.54) is 12.1 Å². The van der Waals surface area contributed by atoms with Crippen molar-refractivity contribution in [3.63, 3.8) is 0 Å². The molecule has 3 rings (SSSR count). The quantitative estimate of drug-likeness (QED) is 0.772. The standard InChI is InChI=1S/C18H13F3O4/c1-23-17(22)13-10-12-14(24-11-6-3-2-4-7-11)8-5-9-15(12)25-16(13)18(19,20)21/h2-10,16H,1H3/t16-/m0/s1. The van der Waals surface area contributed by atoms with Crippen LogP contribution in [0.5, 0.6) is 17.2 Å². The van der Waals surface area contributed by atoms with Gasteiger partial charge in [-0.25, -0.2) is 4.79 Å². The number of fused-ring (bicyclic) bond motifs is 1. The molecule has 0 bridgehead atoms. The highest BCUT2D eigenvalue weighted by Gasteiger charge is 2.49. The summed E-state index contributed by atoms with van der Waals surface area (Å²) in [5, 5.41) is 0. The molecule has 2 aromatic carbocycles. The first-order chi connectivity index (χ1) is 11.9. The predicted molar refractivity (Wildman–Crippen MR) is 83.4 cm³/mol. The zero-order valence-corrected chi connectivity index (χ0v) is 13.0. The van der Waals surface area contributed by atoms with Crippen molar-refractivity contribution in [2.24, 2.45) is 0 Å². The van der Waals surface area contributed by atoms with Crippen LogP contribution in [0.3, 0.4) is 0 Å². The number of methoxy groups -OCH3 is 1. The molecule has 0 aliphatic carbocycles. The number of carbonyl (C=O) groups excluding carboxylic acids is 1. The van der Waals surface area contributed by atoms with Gasteiger partial charge < -0.3 is 14.2 Å². The minimum atomic E-state index is -4.76. The monoisotopic (exact) mass is 350 g/mol. The lowest BCUT2D eigenvalue weighted by molar-refractivity contribution is -0.187. The van der Waals surface area contributed by atoms with E-state index >= 15 is 0 Å². The number of ether oxygens (including phenoxy) is 3. The number of rotatable bonds is 3. The number of benzene rings is 2. The summed E-state index contributed by atoms with van der Waals surface area (Å²) < 4.78 is 54.9.